The fourth-order valence-corrected chi connectivity index (χ4v) is 3.12. The Morgan fingerprint density at radius 1 is 1.32 bits per heavy atom. The third kappa shape index (κ3) is 7.10. The molecule has 1 fully saturated rings. The van der Waals surface area contributed by atoms with Crippen molar-refractivity contribution < 1.29 is 6.22 Å². The van der Waals surface area contributed by atoms with Crippen molar-refractivity contribution in [2.24, 2.45) is 0 Å². The molecule has 1 unspecified atom stereocenters. The molecule has 1 aliphatic heterocycles. The first-order chi connectivity index (χ1) is 10.6. The highest BCUT2D eigenvalue weighted by Crippen LogP contribution is 2.16. The highest BCUT2D eigenvalue weighted by atomic mass is 16.2. The van der Waals surface area contributed by atoms with Crippen LogP contribution in [0.5, 0.6) is 0 Å². The fraction of sp³-hybridized carbons (Fsp3) is 0.944. The largest absolute Gasteiger partial charge is 0.343 e. The van der Waals surface area contributed by atoms with E-state index in [0.29, 0.717) is 24.4 Å². The van der Waals surface area contributed by atoms with Crippen LogP contribution in [-0.2, 0) is 4.79 Å². The first-order valence-electron chi connectivity index (χ1n) is 9.29. The van der Waals surface area contributed by atoms with Crippen LogP contribution in [0.25, 0.3) is 0 Å². The number of rotatable bonds is 10. The van der Waals surface area contributed by atoms with Gasteiger partial charge in [0.05, 0.1) is 0 Å². The Morgan fingerprint density at radius 3 is 2.59 bits per heavy atom. The van der Waals surface area contributed by atoms with Crippen LogP contribution >= 0.6 is 0 Å². The fourth-order valence-electron chi connectivity index (χ4n) is 3.12. The molecule has 22 heavy (non-hydrogen) atoms. The predicted molar refractivity (Wildman–Crippen MR) is 96.2 cm³/mol. The van der Waals surface area contributed by atoms with E-state index in [9.17, 15) is 4.79 Å². The van der Waals surface area contributed by atoms with Crippen molar-refractivity contribution in [2.75, 3.05) is 33.2 Å². The molecule has 4 nitrogen and oxygen atoms in total. The van der Waals surface area contributed by atoms with Crippen molar-refractivity contribution >= 4 is 5.91 Å². The molecule has 1 heterocycles. The number of piperidine rings is 1. The Morgan fingerprint density at radius 2 is 2.00 bits per heavy atom. The number of nitrogens with zero attached hydrogens (tertiary/aromatic N) is 2. The van der Waals surface area contributed by atoms with E-state index in [1.54, 1.807) is 0 Å². The third-order valence-electron chi connectivity index (χ3n) is 4.96. The van der Waals surface area contributed by atoms with Gasteiger partial charge in [0.25, 0.3) is 0 Å². The number of likely N-dealkylation sites (tertiary alicyclic amines) is 1. The Labute approximate surface area is 139 Å². The monoisotopic (exact) mass is 313 g/mol. The number of hydrogen-bond donors (Lipinski definition) is 1. The minimum Gasteiger partial charge on any atom is -0.343 e. The van der Waals surface area contributed by atoms with Gasteiger partial charge in [-0.3, -0.25) is 4.79 Å². The van der Waals surface area contributed by atoms with E-state index >= 15 is 0 Å². The highest BCUT2D eigenvalue weighted by molar-refractivity contribution is 5.76. The lowest BCUT2D eigenvalue weighted by atomic mass is 10.0. The summed E-state index contributed by atoms with van der Waals surface area (Å²) >= 11 is 0. The Balaban J connectivity index is 0.00000484. The second-order valence-electron chi connectivity index (χ2n) is 6.80. The predicted octanol–water partition coefficient (Wildman–Crippen LogP) is 3.12. The van der Waals surface area contributed by atoms with E-state index in [1.807, 2.05) is 11.9 Å². The normalized spacial score (nSPS) is 18.4. The molecule has 132 valence electrons. The molecular weight excluding hydrogens is 274 g/mol. The lowest BCUT2D eigenvalue weighted by Crippen LogP contribution is -2.45. The van der Waals surface area contributed by atoms with Crippen molar-refractivity contribution in [3.8, 4) is 0 Å². The average molecular weight is 314 g/mol. The van der Waals surface area contributed by atoms with Crippen LogP contribution in [0.3, 0.4) is 0 Å². The maximum absolute atomic E-state index is 12.3. The topological polar surface area (TPSA) is 35.6 Å². The number of nitrogens with one attached hydrogen (secondary N) is 1. The molecule has 1 rings (SSSR count). The quantitative estimate of drug-likeness (QED) is 0.629. The second kappa shape index (κ2) is 11.0. The van der Waals surface area contributed by atoms with Crippen molar-refractivity contribution in [1.29, 1.82) is 0 Å². The number of carbonyl (C=O) groups is 1. The zero-order chi connectivity index (χ0) is 16.4. The summed E-state index contributed by atoms with van der Waals surface area (Å²) in [6, 6.07) is 1.05. The minimum atomic E-state index is 0. The first kappa shape index (κ1) is 19.4. The summed E-state index contributed by atoms with van der Waals surface area (Å²) in [5, 5.41) is 3.48. The summed E-state index contributed by atoms with van der Waals surface area (Å²) in [4.78, 5) is 16.8. The molecule has 0 spiro atoms. The van der Waals surface area contributed by atoms with E-state index in [-0.39, 0.29) is 1.43 Å². The molecule has 1 amide bonds. The first-order valence-corrected chi connectivity index (χ1v) is 9.29. The molecular formula is C18H39N3O. The lowest BCUT2D eigenvalue weighted by molar-refractivity contribution is -0.133. The van der Waals surface area contributed by atoms with Crippen LogP contribution < -0.4 is 5.32 Å². The third-order valence-corrected chi connectivity index (χ3v) is 4.96. The summed E-state index contributed by atoms with van der Waals surface area (Å²) in [7, 11) is 2.00. The second-order valence-corrected chi connectivity index (χ2v) is 6.80. The van der Waals surface area contributed by atoms with Gasteiger partial charge in [0.15, 0.2) is 0 Å². The van der Waals surface area contributed by atoms with Gasteiger partial charge in [-0.05, 0) is 58.5 Å². The van der Waals surface area contributed by atoms with Crippen molar-refractivity contribution in [3.05, 3.63) is 0 Å². The number of unbranched alkanes of at least 4 members (excludes halogenated alkanes) is 1. The summed E-state index contributed by atoms with van der Waals surface area (Å²) in [5.41, 5.74) is 0. The van der Waals surface area contributed by atoms with Crippen LogP contribution in [0.2, 0.25) is 0 Å². The van der Waals surface area contributed by atoms with Gasteiger partial charge in [0.1, 0.15) is 0 Å². The van der Waals surface area contributed by atoms with Crippen LogP contribution in [-0.4, -0.2) is 61.0 Å². The Kier molecular flexibility index (Phi) is 9.73. The lowest BCUT2D eigenvalue weighted by Gasteiger charge is -2.36. The number of amides is 1. The summed E-state index contributed by atoms with van der Waals surface area (Å²) < 4.78 is 0. The standard InChI is InChI=1S/C18H37N3O.H2/c1-5-13-21-14-10-17(11-15-21)20(4)18(22)9-7-8-12-19-16(3)6-2;/h16-17,19H,5-15H2,1-4H3;1H. The molecule has 0 aliphatic carbocycles. The molecule has 1 atom stereocenters. The van der Waals surface area contributed by atoms with Crippen LogP contribution in [0, 0.1) is 0 Å². The van der Waals surface area contributed by atoms with E-state index in [4.69, 9.17) is 0 Å². The number of carbonyl (C=O) groups excluding carboxylic acids is 1. The van der Waals surface area contributed by atoms with Crippen molar-refractivity contribution in [1.82, 2.24) is 15.1 Å². The Bertz CT molecular complexity index is 307. The zero-order valence-corrected chi connectivity index (χ0v) is 15.2. The molecule has 1 saturated heterocycles. The van der Waals surface area contributed by atoms with Gasteiger partial charge in [-0.2, -0.15) is 0 Å². The minimum absolute atomic E-state index is 0. The molecule has 0 radical (unpaired) electrons. The number of hydrogen-bond acceptors (Lipinski definition) is 3. The summed E-state index contributed by atoms with van der Waals surface area (Å²) in [6.45, 7) is 11.2. The molecule has 0 saturated carbocycles. The van der Waals surface area contributed by atoms with Gasteiger partial charge in [-0.25, -0.2) is 0 Å². The molecule has 0 aromatic heterocycles. The molecule has 4 heteroatoms. The van der Waals surface area contributed by atoms with Gasteiger partial charge >= 0.3 is 0 Å². The zero-order valence-electron chi connectivity index (χ0n) is 15.2. The highest BCUT2D eigenvalue weighted by Gasteiger charge is 2.24. The van der Waals surface area contributed by atoms with Gasteiger partial charge in [0, 0.05) is 40.1 Å². The van der Waals surface area contributed by atoms with Crippen molar-refractivity contribution in [3.63, 3.8) is 0 Å². The van der Waals surface area contributed by atoms with Gasteiger partial charge < -0.3 is 15.1 Å². The molecule has 1 aliphatic rings. The summed E-state index contributed by atoms with van der Waals surface area (Å²) in [6.07, 6.45) is 7.46. The molecule has 1 N–H and O–H groups in total. The summed E-state index contributed by atoms with van der Waals surface area (Å²) in [5.74, 6) is 0.331. The molecule has 0 bridgehead atoms. The molecule has 0 aromatic carbocycles. The van der Waals surface area contributed by atoms with Crippen LogP contribution in [0.15, 0.2) is 0 Å². The van der Waals surface area contributed by atoms with E-state index in [2.05, 4.69) is 31.0 Å². The SMILES string of the molecule is CCCN1CCC(N(C)C(=O)CCCCNC(C)CC)CC1.[HH]. The Hall–Kier alpha value is -0.610. The molecule has 0 aromatic rings. The van der Waals surface area contributed by atoms with Gasteiger partial charge in [0.2, 0.25) is 5.91 Å². The van der Waals surface area contributed by atoms with E-state index in [0.717, 1.165) is 45.3 Å². The van der Waals surface area contributed by atoms with Crippen LogP contribution in [0.4, 0.5) is 0 Å². The van der Waals surface area contributed by atoms with Crippen molar-refractivity contribution in [2.45, 2.75) is 77.8 Å². The van der Waals surface area contributed by atoms with E-state index < -0.39 is 0 Å². The van der Waals surface area contributed by atoms with Crippen LogP contribution in [0.1, 0.15) is 67.1 Å². The maximum Gasteiger partial charge on any atom is 0.222 e. The van der Waals surface area contributed by atoms with E-state index in [1.165, 1.54) is 19.4 Å². The van der Waals surface area contributed by atoms with Gasteiger partial charge in [-0.15, -0.1) is 0 Å². The average Bonchev–Trinajstić information content (AvgIpc) is 2.54. The maximum atomic E-state index is 12.3. The smallest absolute Gasteiger partial charge is 0.222 e. The van der Waals surface area contributed by atoms with Gasteiger partial charge in [-0.1, -0.05) is 13.8 Å².